The molecule has 0 bridgehead atoms. The summed E-state index contributed by atoms with van der Waals surface area (Å²) < 4.78 is 5.45. The number of hydrogen-bond acceptors (Lipinski definition) is 4. The van der Waals surface area contributed by atoms with Crippen molar-refractivity contribution < 1.29 is 14.0 Å². The highest BCUT2D eigenvalue weighted by atomic mass is 16.3. The molecule has 0 radical (unpaired) electrons. The van der Waals surface area contributed by atoms with E-state index in [9.17, 15) is 9.59 Å². The van der Waals surface area contributed by atoms with Gasteiger partial charge in [0.2, 0.25) is 5.91 Å². The molecule has 0 unspecified atom stereocenters. The third-order valence-corrected chi connectivity index (χ3v) is 4.52. The number of carbonyl (C=O) groups excluding carboxylic acids is 2. The fraction of sp³-hybridized carbons (Fsp3) is 0.250. The molecule has 1 aliphatic rings. The van der Waals surface area contributed by atoms with Crippen LogP contribution in [-0.2, 0) is 4.79 Å². The number of nitrogens with zero attached hydrogens (tertiary/aromatic N) is 2. The molecule has 3 aromatic rings. The molecule has 1 saturated carbocycles. The Morgan fingerprint density at radius 3 is 2.73 bits per heavy atom. The number of oxazole rings is 1. The second kappa shape index (κ2) is 6.29. The van der Waals surface area contributed by atoms with Crippen LogP contribution in [0.15, 0.2) is 46.9 Å². The van der Waals surface area contributed by atoms with Gasteiger partial charge in [0.1, 0.15) is 5.52 Å². The van der Waals surface area contributed by atoms with Crippen molar-refractivity contribution in [3.8, 4) is 0 Å². The van der Waals surface area contributed by atoms with Crippen LogP contribution in [0.3, 0.4) is 0 Å². The molecule has 6 heteroatoms. The number of aromatic nitrogens is 1. The molecular formula is C20H19N3O3. The van der Waals surface area contributed by atoms with E-state index in [1.165, 1.54) is 0 Å². The zero-order valence-electron chi connectivity index (χ0n) is 14.7. The minimum atomic E-state index is -0.268. The summed E-state index contributed by atoms with van der Waals surface area (Å²) in [6, 6.07) is 12.4. The average molecular weight is 349 g/mol. The molecule has 2 aromatic carbocycles. The zero-order valence-corrected chi connectivity index (χ0v) is 14.7. The van der Waals surface area contributed by atoms with E-state index in [0.29, 0.717) is 33.9 Å². The molecule has 1 fully saturated rings. The maximum absolute atomic E-state index is 12.8. The van der Waals surface area contributed by atoms with Gasteiger partial charge in [-0.1, -0.05) is 12.1 Å². The van der Waals surface area contributed by atoms with E-state index in [4.69, 9.17) is 4.42 Å². The van der Waals surface area contributed by atoms with Gasteiger partial charge in [-0.05, 0) is 43.2 Å². The molecule has 1 N–H and O–H groups in total. The van der Waals surface area contributed by atoms with Gasteiger partial charge < -0.3 is 14.6 Å². The van der Waals surface area contributed by atoms with Gasteiger partial charge in [0, 0.05) is 25.6 Å². The average Bonchev–Trinajstić information content (AvgIpc) is 3.42. The van der Waals surface area contributed by atoms with E-state index < -0.39 is 0 Å². The monoisotopic (exact) mass is 349 g/mol. The summed E-state index contributed by atoms with van der Waals surface area (Å²) in [6.45, 7) is 1.78. The highest BCUT2D eigenvalue weighted by Crippen LogP contribution is 2.33. The first-order valence-corrected chi connectivity index (χ1v) is 8.58. The Kier molecular flexibility index (Phi) is 3.95. The van der Waals surface area contributed by atoms with Crippen molar-refractivity contribution in [2.24, 2.45) is 5.92 Å². The second-order valence-electron chi connectivity index (χ2n) is 6.56. The molecule has 1 aliphatic carbocycles. The number of carbonyl (C=O) groups is 2. The maximum atomic E-state index is 12.8. The van der Waals surface area contributed by atoms with Gasteiger partial charge in [0.05, 0.1) is 11.3 Å². The van der Waals surface area contributed by atoms with Crippen LogP contribution in [0, 0.1) is 12.8 Å². The minimum absolute atomic E-state index is 0.0599. The molecule has 132 valence electrons. The van der Waals surface area contributed by atoms with E-state index in [-0.39, 0.29) is 17.7 Å². The molecule has 6 nitrogen and oxygen atoms in total. The molecule has 0 aliphatic heterocycles. The number of fused-ring (bicyclic) bond motifs is 1. The lowest BCUT2D eigenvalue weighted by Gasteiger charge is -2.20. The summed E-state index contributed by atoms with van der Waals surface area (Å²) >= 11 is 0. The van der Waals surface area contributed by atoms with Crippen LogP contribution >= 0.6 is 0 Å². The Morgan fingerprint density at radius 2 is 1.96 bits per heavy atom. The number of hydrogen-bond donors (Lipinski definition) is 1. The summed E-state index contributed by atoms with van der Waals surface area (Å²) in [5.41, 5.74) is 3.06. The third-order valence-electron chi connectivity index (χ3n) is 4.52. The van der Waals surface area contributed by atoms with Gasteiger partial charge in [-0.25, -0.2) is 4.98 Å². The lowest BCUT2D eigenvalue weighted by Crippen LogP contribution is -2.29. The smallest absolute Gasteiger partial charge is 0.257 e. The van der Waals surface area contributed by atoms with E-state index in [0.717, 1.165) is 12.8 Å². The van der Waals surface area contributed by atoms with Gasteiger partial charge in [0.25, 0.3) is 5.91 Å². The fourth-order valence-corrected chi connectivity index (χ4v) is 3.00. The number of nitrogens with one attached hydrogen (secondary N) is 1. The maximum Gasteiger partial charge on any atom is 0.257 e. The van der Waals surface area contributed by atoms with Crippen LogP contribution in [-0.4, -0.2) is 23.8 Å². The van der Waals surface area contributed by atoms with Crippen molar-refractivity contribution >= 4 is 34.3 Å². The molecule has 0 saturated heterocycles. The van der Waals surface area contributed by atoms with Crippen LogP contribution in [0.1, 0.15) is 29.1 Å². The van der Waals surface area contributed by atoms with Crippen LogP contribution in [0.4, 0.5) is 11.4 Å². The molecular weight excluding hydrogens is 330 g/mol. The normalized spacial score (nSPS) is 13.6. The number of para-hydroxylation sites is 1. The standard InChI is InChI=1S/C20H19N3O3/c1-12-21-16-11-14(9-10-18(16)26-12)22-19(24)15-5-3-4-6-17(15)23(2)20(25)13-7-8-13/h3-6,9-11,13H,7-8H2,1-2H3,(H,22,24). The first kappa shape index (κ1) is 16.3. The van der Waals surface area contributed by atoms with Crippen molar-refractivity contribution in [2.75, 3.05) is 17.3 Å². The Labute approximate surface area is 150 Å². The fourth-order valence-electron chi connectivity index (χ4n) is 3.00. The summed E-state index contributed by atoms with van der Waals surface area (Å²) in [6.07, 6.45) is 1.85. The first-order chi connectivity index (χ1) is 12.5. The SMILES string of the molecule is Cc1nc2cc(NC(=O)c3ccccc3N(C)C(=O)C3CC3)ccc2o1. The topological polar surface area (TPSA) is 75.4 Å². The Morgan fingerprint density at radius 1 is 1.19 bits per heavy atom. The summed E-state index contributed by atoms with van der Waals surface area (Å²) in [4.78, 5) is 31.0. The van der Waals surface area contributed by atoms with Crippen molar-refractivity contribution in [2.45, 2.75) is 19.8 Å². The predicted molar refractivity (Wildman–Crippen MR) is 99.3 cm³/mol. The quantitative estimate of drug-likeness (QED) is 0.778. The molecule has 0 atom stereocenters. The molecule has 4 rings (SSSR count). The molecule has 26 heavy (non-hydrogen) atoms. The summed E-state index contributed by atoms with van der Waals surface area (Å²) in [5, 5.41) is 2.88. The lowest BCUT2D eigenvalue weighted by atomic mass is 10.1. The van der Waals surface area contributed by atoms with E-state index >= 15 is 0 Å². The van der Waals surface area contributed by atoms with E-state index in [1.54, 1.807) is 55.3 Å². The molecule has 0 spiro atoms. The van der Waals surface area contributed by atoms with Crippen molar-refractivity contribution in [3.63, 3.8) is 0 Å². The number of aryl methyl sites for hydroxylation is 1. The van der Waals surface area contributed by atoms with Crippen LogP contribution in [0.2, 0.25) is 0 Å². The number of amides is 2. The number of benzene rings is 2. The number of anilines is 2. The Bertz CT molecular complexity index is 1000. The third kappa shape index (κ3) is 3.06. The highest BCUT2D eigenvalue weighted by Gasteiger charge is 2.33. The van der Waals surface area contributed by atoms with Crippen molar-refractivity contribution in [1.29, 1.82) is 0 Å². The summed E-state index contributed by atoms with van der Waals surface area (Å²) in [5.74, 6) is 0.461. The minimum Gasteiger partial charge on any atom is -0.441 e. The highest BCUT2D eigenvalue weighted by molar-refractivity contribution is 6.11. The van der Waals surface area contributed by atoms with Gasteiger partial charge >= 0.3 is 0 Å². The Hall–Kier alpha value is -3.15. The largest absolute Gasteiger partial charge is 0.441 e. The van der Waals surface area contributed by atoms with Crippen molar-refractivity contribution in [3.05, 3.63) is 53.9 Å². The van der Waals surface area contributed by atoms with Gasteiger partial charge in [0.15, 0.2) is 11.5 Å². The summed E-state index contributed by atoms with van der Waals surface area (Å²) in [7, 11) is 1.72. The second-order valence-corrected chi connectivity index (χ2v) is 6.56. The van der Waals surface area contributed by atoms with Crippen LogP contribution in [0.25, 0.3) is 11.1 Å². The van der Waals surface area contributed by atoms with Crippen molar-refractivity contribution in [1.82, 2.24) is 4.98 Å². The van der Waals surface area contributed by atoms with Gasteiger partial charge in [-0.3, -0.25) is 9.59 Å². The van der Waals surface area contributed by atoms with Gasteiger partial charge in [-0.2, -0.15) is 0 Å². The van der Waals surface area contributed by atoms with Crippen LogP contribution < -0.4 is 10.2 Å². The zero-order chi connectivity index (χ0) is 18.3. The van der Waals surface area contributed by atoms with Crippen LogP contribution in [0.5, 0.6) is 0 Å². The molecule has 1 aromatic heterocycles. The van der Waals surface area contributed by atoms with Gasteiger partial charge in [-0.15, -0.1) is 0 Å². The number of rotatable bonds is 4. The molecule has 1 heterocycles. The Balaban J connectivity index is 1.60. The molecule has 2 amide bonds. The van der Waals surface area contributed by atoms with E-state index in [2.05, 4.69) is 10.3 Å². The van der Waals surface area contributed by atoms with E-state index in [1.807, 2.05) is 6.07 Å². The lowest BCUT2D eigenvalue weighted by molar-refractivity contribution is -0.119. The first-order valence-electron chi connectivity index (χ1n) is 8.58. The predicted octanol–water partition coefficient (Wildman–Crippen LogP) is 3.76.